The number of methoxy groups -OCH3 is 1. The van der Waals surface area contributed by atoms with Crippen molar-refractivity contribution in [2.24, 2.45) is 0 Å². The van der Waals surface area contributed by atoms with Crippen molar-refractivity contribution < 1.29 is 14.2 Å². The molecule has 0 amide bonds. The van der Waals surface area contributed by atoms with Gasteiger partial charge in [0.15, 0.2) is 11.5 Å². The largest absolute Gasteiger partial charge is 0.496 e. The predicted molar refractivity (Wildman–Crippen MR) is 90.0 cm³/mol. The maximum atomic E-state index is 12.3. The van der Waals surface area contributed by atoms with Crippen LogP contribution in [0.1, 0.15) is 6.42 Å². The van der Waals surface area contributed by atoms with Crippen molar-refractivity contribution in [3.05, 3.63) is 46.8 Å². The first-order valence-electron chi connectivity index (χ1n) is 7.73. The summed E-state index contributed by atoms with van der Waals surface area (Å²) in [7, 11) is 1.57. The third-order valence-corrected chi connectivity index (χ3v) is 3.94. The molecule has 0 spiro atoms. The summed E-state index contributed by atoms with van der Waals surface area (Å²) in [5.74, 6) is 2.26. The van der Waals surface area contributed by atoms with Crippen LogP contribution in [-0.4, -0.2) is 30.3 Å². The molecule has 0 bridgehead atoms. The lowest BCUT2D eigenvalue weighted by atomic mass is 10.1. The van der Waals surface area contributed by atoms with Crippen LogP contribution in [0, 0.1) is 0 Å². The Morgan fingerprint density at radius 2 is 1.88 bits per heavy atom. The van der Waals surface area contributed by atoms with Gasteiger partial charge in [0.25, 0.3) is 5.56 Å². The molecule has 0 radical (unpaired) electrons. The Kier molecular flexibility index (Phi) is 3.57. The highest BCUT2D eigenvalue weighted by molar-refractivity contribution is 5.80. The number of hydrogen-bond donors (Lipinski definition) is 1. The number of para-hydroxylation sites is 1. The lowest BCUT2D eigenvalue weighted by Gasteiger charge is -2.13. The molecule has 3 aromatic rings. The van der Waals surface area contributed by atoms with Gasteiger partial charge >= 0.3 is 0 Å². The summed E-state index contributed by atoms with van der Waals surface area (Å²) in [5.41, 5.74) is 1.10. The minimum absolute atomic E-state index is 0.190. The van der Waals surface area contributed by atoms with Crippen LogP contribution in [0.5, 0.6) is 17.2 Å². The van der Waals surface area contributed by atoms with E-state index in [4.69, 9.17) is 14.2 Å². The third-order valence-electron chi connectivity index (χ3n) is 3.94. The van der Waals surface area contributed by atoms with E-state index in [1.165, 1.54) is 0 Å². The van der Waals surface area contributed by atoms with E-state index in [9.17, 15) is 4.79 Å². The number of nitrogens with one attached hydrogen (secondary N) is 1. The normalized spacial score (nSPS) is 13.5. The number of aromatic amines is 1. The Bertz CT molecular complexity index is 965. The lowest BCUT2D eigenvalue weighted by molar-refractivity contribution is 0.296. The Balaban J connectivity index is 1.92. The average molecular weight is 324 g/mol. The zero-order valence-corrected chi connectivity index (χ0v) is 13.2. The Hall–Kier alpha value is -3.02. The second-order valence-corrected chi connectivity index (χ2v) is 5.48. The molecule has 0 aliphatic carbocycles. The van der Waals surface area contributed by atoms with Crippen molar-refractivity contribution in [1.82, 2.24) is 9.97 Å². The molecule has 1 N–H and O–H groups in total. The molecule has 1 aliphatic rings. The highest BCUT2D eigenvalue weighted by Gasteiger charge is 2.18. The van der Waals surface area contributed by atoms with Crippen LogP contribution >= 0.6 is 0 Å². The van der Waals surface area contributed by atoms with Crippen LogP contribution in [0.15, 0.2) is 41.2 Å². The van der Waals surface area contributed by atoms with Crippen LogP contribution in [0.25, 0.3) is 22.3 Å². The zero-order chi connectivity index (χ0) is 16.5. The van der Waals surface area contributed by atoms with Crippen molar-refractivity contribution in [3.8, 4) is 28.6 Å². The molecule has 0 fully saturated rings. The van der Waals surface area contributed by atoms with Crippen molar-refractivity contribution in [1.29, 1.82) is 0 Å². The highest BCUT2D eigenvalue weighted by atomic mass is 16.5. The van der Waals surface area contributed by atoms with E-state index in [1.54, 1.807) is 25.3 Å². The maximum Gasteiger partial charge on any atom is 0.259 e. The summed E-state index contributed by atoms with van der Waals surface area (Å²) in [6, 6.07) is 10.8. The molecule has 122 valence electrons. The first-order valence-corrected chi connectivity index (χ1v) is 7.73. The van der Waals surface area contributed by atoms with Crippen LogP contribution in [0.4, 0.5) is 0 Å². The summed E-state index contributed by atoms with van der Waals surface area (Å²) in [6.45, 7) is 1.18. The highest BCUT2D eigenvalue weighted by Crippen LogP contribution is 2.40. The molecule has 1 aromatic heterocycles. The summed E-state index contributed by atoms with van der Waals surface area (Å²) in [6.07, 6.45) is 0.817. The number of H-pyrrole nitrogens is 1. The van der Waals surface area contributed by atoms with E-state index in [0.717, 1.165) is 6.42 Å². The molecule has 2 heterocycles. The minimum Gasteiger partial charge on any atom is -0.496 e. The minimum atomic E-state index is -0.190. The van der Waals surface area contributed by atoms with Gasteiger partial charge in [0.05, 0.1) is 36.8 Å². The van der Waals surface area contributed by atoms with E-state index < -0.39 is 0 Å². The first-order chi connectivity index (χ1) is 11.8. The summed E-state index contributed by atoms with van der Waals surface area (Å²) in [5, 5.41) is 0.551. The first kappa shape index (κ1) is 14.6. The van der Waals surface area contributed by atoms with Gasteiger partial charge in [-0.3, -0.25) is 4.79 Å². The molecule has 2 aromatic carbocycles. The van der Waals surface area contributed by atoms with Crippen molar-refractivity contribution in [2.75, 3.05) is 20.3 Å². The molecule has 1 aliphatic heterocycles. The number of benzene rings is 2. The summed E-state index contributed by atoms with van der Waals surface area (Å²) >= 11 is 0. The second kappa shape index (κ2) is 5.88. The molecule has 24 heavy (non-hydrogen) atoms. The number of nitrogens with zero attached hydrogens (tertiary/aromatic N) is 1. The van der Waals surface area contributed by atoms with Crippen molar-refractivity contribution >= 4 is 10.9 Å². The van der Waals surface area contributed by atoms with E-state index in [2.05, 4.69) is 9.97 Å². The number of rotatable bonds is 2. The van der Waals surface area contributed by atoms with E-state index in [-0.39, 0.29) is 5.56 Å². The maximum absolute atomic E-state index is 12.3. The Morgan fingerprint density at radius 1 is 1.12 bits per heavy atom. The van der Waals surface area contributed by atoms with E-state index in [0.29, 0.717) is 52.8 Å². The summed E-state index contributed by atoms with van der Waals surface area (Å²) in [4.78, 5) is 19.7. The zero-order valence-electron chi connectivity index (χ0n) is 13.2. The van der Waals surface area contributed by atoms with Gasteiger partial charge in [-0.1, -0.05) is 12.1 Å². The van der Waals surface area contributed by atoms with Crippen LogP contribution in [0.2, 0.25) is 0 Å². The molecular formula is C18H16N2O4. The van der Waals surface area contributed by atoms with Gasteiger partial charge in [-0.25, -0.2) is 4.98 Å². The molecule has 6 nitrogen and oxygen atoms in total. The second-order valence-electron chi connectivity index (χ2n) is 5.48. The molecule has 0 atom stereocenters. The number of hydrogen-bond acceptors (Lipinski definition) is 5. The number of fused-ring (bicyclic) bond motifs is 2. The van der Waals surface area contributed by atoms with Gasteiger partial charge in [-0.2, -0.15) is 0 Å². The molecule has 0 saturated carbocycles. The SMILES string of the molecule is COc1cc2c(cc1-c1nc3ccccc3c(=O)[nH]1)OCCCO2. The van der Waals surface area contributed by atoms with Gasteiger partial charge in [0.1, 0.15) is 11.6 Å². The fraction of sp³-hybridized carbons (Fsp3) is 0.222. The number of ether oxygens (including phenoxy) is 3. The monoisotopic (exact) mass is 324 g/mol. The Labute approximate surface area is 138 Å². The number of aromatic nitrogens is 2. The van der Waals surface area contributed by atoms with Crippen LogP contribution in [0.3, 0.4) is 0 Å². The van der Waals surface area contributed by atoms with Crippen LogP contribution in [-0.2, 0) is 0 Å². The van der Waals surface area contributed by atoms with Gasteiger partial charge in [-0.05, 0) is 18.2 Å². The fourth-order valence-corrected chi connectivity index (χ4v) is 2.76. The standard InChI is InChI=1S/C18H16N2O4/c1-22-14-10-16-15(23-7-4-8-24-16)9-12(14)17-19-13-6-3-2-5-11(13)18(21)20-17/h2-3,5-6,9-10H,4,7-8H2,1H3,(H,19,20,21). The van der Waals surface area contributed by atoms with Crippen molar-refractivity contribution in [2.45, 2.75) is 6.42 Å². The quantitative estimate of drug-likeness (QED) is 0.784. The van der Waals surface area contributed by atoms with Crippen LogP contribution < -0.4 is 19.8 Å². The van der Waals surface area contributed by atoms with Gasteiger partial charge < -0.3 is 19.2 Å². The van der Waals surface area contributed by atoms with Crippen molar-refractivity contribution in [3.63, 3.8) is 0 Å². The molecular weight excluding hydrogens is 308 g/mol. The topological polar surface area (TPSA) is 73.4 Å². The predicted octanol–water partition coefficient (Wildman–Crippen LogP) is 2.76. The fourth-order valence-electron chi connectivity index (χ4n) is 2.76. The van der Waals surface area contributed by atoms with Gasteiger partial charge in [0, 0.05) is 12.5 Å². The molecule has 0 unspecified atom stereocenters. The lowest BCUT2D eigenvalue weighted by Crippen LogP contribution is -2.10. The van der Waals surface area contributed by atoms with Gasteiger partial charge in [-0.15, -0.1) is 0 Å². The van der Waals surface area contributed by atoms with E-state index >= 15 is 0 Å². The summed E-state index contributed by atoms with van der Waals surface area (Å²) < 4.78 is 16.9. The molecule has 4 rings (SSSR count). The Morgan fingerprint density at radius 3 is 2.67 bits per heavy atom. The van der Waals surface area contributed by atoms with Gasteiger partial charge in [0.2, 0.25) is 0 Å². The average Bonchev–Trinajstić information content (AvgIpc) is 2.85. The smallest absolute Gasteiger partial charge is 0.259 e. The van der Waals surface area contributed by atoms with E-state index in [1.807, 2.05) is 18.2 Å². The third kappa shape index (κ3) is 2.46. The molecule has 6 heteroatoms. The molecule has 0 saturated heterocycles.